The lowest BCUT2D eigenvalue weighted by atomic mass is 9.97. The second kappa shape index (κ2) is 9.79. The fraction of sp³-hybridized carbons (Fsp3) is 0.476. The quantitative estimate of drug-likeness (QED) is 0.594. The Labute approximate surface area is 161 Å². The van der Waals surface area contributed by atoms with Crippen molar-refractivity contribution in [3.05, 3.63) is 46.2 Å². The molecule has 4 nitrogen and oxygen atoms in total. The van der Waals surface area contributed by atoms with Gasteiger partial charge in [-0.2, -0.15) is 0 Å². The Morgan fingerprint density at radius 1 is 1.19 bits per heavy atom. The van der Waals surface area contributed by atoms with Crippen LogP contribution in [0.15, 0.2) is 24.3 Å². The highest BCUT2D eigenvalue weighted by atomic mass is 35.5. The molecule has 0 aliphatic carbocycles. The molecule has 2 rings (SSSR count). The monoisotopic (exact) mass is 376 g/mol. The van der Waals surface area contributed by atoms with E-state index in [2.05, 4.69) is 11.5 Å². The number of nitrogens with two attached hydrogens (primary N) is 1. The van der Waals surface area contributed by atoms with Crippen LogP contribution in [0, 0.1) is 6.92 Å². The molecule has 0 aliphatic heterocycles. The van der Waals surface area contributed by atoms with Gasteiger partial charge in [0.25, 0.3) is 5.91 Å². The Kier molecular flexibility index (Phi) is 7.73. The van der Waals surface area contributed by atoms with E-state index in [4.69, 9.17) is 22.1 Å². The van der Waals surface area contributed by atoms with Crippen molar-refractivity contribution in [1.29, 1.82) is 0 Å². The van der Waals surface area contributed by atoms with E-state index in [-0.39, 0.29) is 5.91 Å². The SMILES string of the molecule is CCCCc1c(-c2ccc(Cl)cc2)c(C(N)=O)c(C)n1CCCOCC. The van der Waals surface area contributed by atoms with Gasteiger partial charge in [0.05, 0.1) is 5.56 Å². The molecule has 2 aromatic rings. The first-order valence-corrected chi connectivity index (χ1v) is 9.74. The van der Waals surface area contributed by atoms with Crippen molar-refractivity contribution < 1.29 is 9.53 Å². The summed E-state index contributed by atoms with van der Waals surface area (Å²) in [6.45, 7) is 8.40. The summed E-state index contributed by atoms with van der Waals surface area (Å²) in [5.41, 5.74) is 10.4. The van der Waals surface area contributed by atoms with Gasteiger partial charge in [0.1, 0.15) is 0 Å². The molecule has 0 saturated carbocycles. The smallest absolute Gasteiger partial charge is 0.251 e. The minimum Gasteiger partial charge on any atom is -0.382 e. The van der Waals surface area contributed by atoms with Gasteiger partial charge in [-0.05, 0) is 50.8 Å². The minimum atomic E-state index is -0.381. The molecule has 1 aromatic carbocycles. The lowest BCUT2D eigenvalue weighted by Crippen LogP contribution is -2.13. The number of carbonyl (C=O) groups is 1. The van der Waals surface area contributed by atoms with Gasteiger partial charge in [0, 0.05) is 41.7 Å². The number of amides is 1. The predicted octanol–water partition coefficient (Wildman–Crippen LogP) is 4.99. The van der Waals surface area contributed by atoms with Crippen molar-refractivity contribution >= 4 is 17.5 Å². The molecule has 1 amide bonds. The summed E-state index contributed by atoms with van der Waals surface area (Å²) in [7, 11) is 0. The second-order valence-electron chi connectivity index (χ2n) is 6.46. The van der Waals surface area contributed by atoms with E-state index in [0.717, 1.165) is 55.7 Å². The molecular weight excluding hydrogens is 348 g/mol. The molecule has 0 unspecified atom stereocenters. The van der Waals surface area contributed by atoms with E-state index in [1.54, 1.807) is 0 Å². The van der Waals surface area contributed by atoms with Crippen LogP contribution >= 0.6 is 11.6 Å². The topological polar surface area (TPSA) is 57.2 Å². The maximum absolute atomic E-state index is 12.3. The average Bonchev–Trinajstić information content (AvgIpc) is 2.89. The summed E-state index contributed by atoms with van der Waals surface area (Å²) >= 11 is 6.05. The summed E-state index contributed by atoms with van der Waals surface area (Å²) in [6.07, 6.45) is 3.97. The number of aromatic nitrogens is 1. The van der Waals surface area contributed by atoms with Crippen LogP contribution < -0.4 is 5.73 Å². The van der Waals surface area contributed by atoms with Crippen LogP contribution in [-0.2, 0) is 17.7 Å². The van der Waals surface area contributed by atoms with Crippen LogP contribution in [0.1, 0.15) is 54.9 Å². The molecule has 0 bridgehead atoms. The Hall–Kier alpha value is -1.78. The summed E-state index contributed by atoms with van der Waals surface area (Å²) < 4.78 is 7.73. The van der Waals surface area contributed by atoms with E-state index in [1.807, 2.05) is 38.1 Å². The first-order valence-electron chi connectivity index (χ1n) is 9.36. The fourth-order valence-electron chi connectivity index (χ4n) is 3.40. The second-order valence-corrected chi connectivity index (χ2v) is 6.90. The van der Waals surface area contributed by atoms with Gasteiger partial charge in [-0.15, -0.1) is 0 Å². The molecule has 0 spiro atoms. The van der Waals surface area contributed by atoms with Crippen LogP contribution in [0.3, 0.4) is 0 Å². The normalized spacial score (nSPS) is 11.1. The number of hydrogen-bond donors (Lipinski definition) is 1. The van der Waals surface area contributed by atoms with E-state index >= 15 is 0 Å². The molecular formula is C21H29ClN2O2. The number of carbonyl (C=O) groups excluding carboxylic acids is 1. The summed E-state index contributed by atoms with van der Waals surface area (Å²) in [5, 5.41) is 0.678. The van der Waals surface area contributed by atoms with Gasteiger partial charge in [-0.3, -0.25) is 4.79 Å². The summed E-state index contributed by atoms with van der Waals surface area (Å²) in [5.74, 6) is -0.381. The number of unbranched alkanes of at least 4 members (excludes halogenated alkanes) is 1. The Morgan fingerprint density at radius 2 is 1.88 bits per heavy atom. The van der Waals surface area contributed by atoms with Crippen molar-refractivity contribution in [2.45, 2.75) is 53.0 Å². The van der Waals surface area contributed by atoms with Gasteiger partial charge < -0.3 is 15.0 Å². The fourth-order valence-corrected chi connectivity index (χ4v) is 3.53. The molecule has 2 N–H and O–H groups in total. The third-order valence-electron chi connectivity index (χ3n) is 4.65. The number of halogens is 1. The number of hydrogen-bond acceptors (Lipinski definition) is 2. The highest BCUT2D eigenvalue weighted by molar-refractivity contribution is 6.30. The molecule has 5 heteroatoms. The lowest BCUT2D eigenvalue weighted by Gasteiger charge is -2.13. The molecule has 142 valence electrons. The third kappa shape index (κ3) is 4.68. The zero-order valence-corrected chi connectivity index (χ0v) is 16.7. The van der Waals surface area contributed by atoms with E-state index in [9.17, 15) is 4.79 Å². The van der Waals surface area contributed by atoms with Crippen LogP contribution in [0.5, 0.6) is 0 Å². The van der Waals surface area contributed by atoms with Crippen molar-refractivity contribution in [1.82, 2.24) is 4.57 Å². The first-order chi connectivity index (χ1) is 12.5. The first kappa shape index (κ1) is 20.5. The number of benzene rings is 1. The van der Waals surface area contributed by atoms with Crippen molar-refractivity contribution in [2.24, 2.45) is 5.73 Å². The minimum absolute atomic E-state index is 0.381. The largest absolute Gasteiger partial charge is 0.382 e. The van der Waals surface area contributed by atoms with Crippen LogP contribution in [-0.4, -0.2) is 23.7 Å². The van der Waals surface area contributed by atoms with Gasteiger partial charge in [0.15, 0.2) is 0 Å². The van der Waals surface area contributed by atoms with Crippen molar-refractivity contribution in [3.63, 3.8) is 0 Å². The molecule has 1 aromatic heterocycles. The maximum atomic E-state index is 12.3. The Balaban J connectivity index is 2.54. The third-order valence-corrected chi connectivity index (χ3v) is 4.90. The Bertz CT molecular complexity index is 735. The molecule has 0 aliphatic rings. The molecule has 0 fully saturated rings. The molecule has 1 heterocycles. The van der Waals surface area contributed by atoms with Crippen molar-refractivity contribution in [3.8, 4) is 11.1 Å². The number of rotatable bonds is 10. The highest BCUT2D eigenvalue weighted by Gasteiger charge is 2.24. The molecule has 0 saturated heterocycles. The van der Waals surface area contributed by atoms with Crippen LogP contribution in [0.4, 0.5) is 0 Å². The van der Waals surface area contributed by atoms with Crippen LogP contribution in [0.2, 0.25) is 5.02 Å². The van der Waals surface area contributed by atoms with E-state index in [0.29, 0.717) is 17.2 Å². The zero-order chi connectivity index (χ0) is 19.1. The van der Waals surface area contributed by atoms with Gasteiger partial charge in [0.2, 0.25) is 0 Å². The number of ether oxygens (including phenoxy) is 1. The van der Waals surface area contributed by atoms with Gasteiger partial charge in [-0.25, -0.2) is 0 Å². The van der Waals surface area contributed by atoms with Gasteiger partial charge in [-0.1, -0.05) is 37.1 Å². The van der Waals surface area contributed by atoms with Gasteiger partial charge >= 0.3 is 0 Å². The highest BCUT2D eigenvalue weighted by Crippen LogP contribution is 2.34. The molecule has 26 heavy (non-hydrogen) atoms. The standard InChI is InChI=1S/C21H29ClN2O2/c1-4-6-8-18-20(16-9-11-17(22)12-10-16)19(21(23)25)15(3)24(18)13-7-14-26-5-2/h9-12H,4-8,13-14H2,1-3H3,(H2,23,25). The predicted molar refractivity (Wildman–Crippen MR) is 108 cm³/mol. The van der Waals surface area contributed by atoms with E-state index in [1.165, 1.54) is 5.69 Å². The average molecular weight is 377 g/mol. The summed E-state index contributed by atoms with van der Waals surface area (Å²) in [6, 6.07) is 7.63. The van der Waals surface area contributed by atoms with E-state index < -0.39 is 0 Å². The number of primary amides is 1. The Morgan fingerprint density at radius 3 is 2.46 bits per heavy atom. The molecule has 0 radical (unpaired) electrons. The van der Waals surface area contributed by atoms with Crippen molar-refractivity contribution in [2.75, 3.05) is 13.2 Å². The zero-order valence-electron chi connectivity index (χ0n) is 16.0. The maximum Gasteiger partial charge on any atom is 0.251 e. The lowest BCUT2D eigenvalue weighted by molar-refractivity contribution is 0.1000. The number of nitrogens with zero attached hydrogens (tertiary/aromatic N) is 1. The summed E-state index contributed by atoms with van der Waals surface area (Å²) in [4.78, 5) is 12.3. The van der Waals surface area contributed by atoms with Crippen LogP contribution in [0.25, 0.3) is 11.1 Å². The molecule has 0 atom stereocenters.